The highest BCUT2D eigenvalue weighted by molar-refractivity contribution is 7.13. The van der Waals surface area contributed by atoms with Crippen molar-refractivity contribution in [3.05, 3.63) is 69.0 Å². The maximum atomic E-state index is 13.4. The summed E-state index contributed by atoms with van der Waals surface area (Å²) in [5.41, 5.74) is 6.07. The van der Waals surface area contributed by atoms with E-state index in [2.05, 4.69) is 33.5 Å². The summed E-state index contributed by atoms with van der Waals surface area (Å²) in [6, 6.07) is 8.27. The van der Waals surface area contributed by atoms with Crippen molar-refractivity contribution in [1.29, 1.82) is 0 Å². The lowest BCUT2D eigenvalue weighted by molar-refractivity contribution is 0.642. The van der Waals surface area contributed by atoms with E-state index in [-0.39, 0.29) is 5.56 Å². The van der Waals surface area contributed by atoms with Gasteiger partial charge in [0.2, 0.25) is 0 Å². The van der Waals surface area contributed by atoms with E-state index in [1.165, 1.54) is 16.9 Å². The van der Waals surface area contributed by atoms with Crippen molar-refractivity contribution >= 4 is 22.7 Å². The lowest BCUT2D eigenvalue weighted by atomic mass is 9.99. The predicted octanol–water partition coefficient (Wildman–Crippen LogP) is 5.02. The maximum Gasteiger partial charge on any atom is 0.261 e. The Morgan fingerprint density at radius 2 is 2.07 bits per heavy atom. The molecule has 0 spiro atoms. The minimum absolute atomic E-state index is 0.0383. The number of hydrogen-bond acceptors (Lipinski definition) is 5. The number of hydrogen-bond donors (Lipinski definition) is 0. The van der Waals surface area contributed by atoms with Crippen LogP contribution in [0.4, 0.5) is 0 Å². The van der Waals surface area contributed by atoms with Crippen molar-refractivity contribution in [3.8, 4) is 32.3 Å². The lowest BCUT2D eigenvalue weighted by Crippen LogP contribution is -2.23. The molecule has 6 heteroatoms. The molecule has 0 bridgehead atoms. The predicted molar refractivity (Wildman–Crippen MR) is 111 cm³/mol. The molecule has 0 amide bonds. The number of fused-ring (bicyclic) bond motifs is 3. The highest BCUT2D eigenvalue weighted by atomic mass is 32.1. The molecule has 4 aromatic rings. The normalized spacial score (nSPS) is 13.1. The summed E-state index contributed by atoms with van der Waals surface area (Å²) in [5, 5.41) is 4.86. The molecule has 0 fully saturated rings. The number of aryl methyl sites for hydroxylation is 2. The highest BCUT2D eigenvalue weighted by Crippen LogP contribution is 2.39. The molecule has 0 atom stereocenters. The van der Waals surface area contributed by atoms with Gasteiger partial charge in [-0.2, -0.15) is 0 Å². The first-order chi connectivity index (χ1) is 13.2. The van der Waals surface area contributed by atoms with Gasteiger partial charge in [0.25, 0.3) is 5.56 Å². The van der Waals surface area contributed by atoms with E-state index in [1.807, 2.05) is 35.3 Å². The van der Waals surface area contributed by atoms with Gasteiger partial charge < -0.3 is 4.57 Å². The first-order valence-corrected chi connectivity index (χ1v) is 10.7. The van der Waals surface area contributed by atoms with Crippen molar-refractivity contribution < 1.29 is 0 Å². The van der Waals surface area contributed by atoms with Crippen LogP contribution in [0.1, 0.15) is 17.7 Å². The summed E-state index contributed by atoms with van der Waals surface area (Å²) >= 11 is 3.22. The number of thiophene rings is 1. The third-order valence-electron chi connectivity index (χ3n) is 4.92. The number of thiazole rings is 1. The Morgan fingerprint density at radius 3 is 2.85 bits per heavy atom. The monoisotopic (exact) mass is 391 g/mol. The van der Waals surface area contributed by atoms with Crippen LogP contribution in [-0.4, -0.2) is 14.5 Å². The second kappa shape index (κ2) is 6.55. The molecule has 27 heavy (non-hydrogen) atoms. The van der Waals surface area contributed by atoms with Crippen LogP contribution < -0.4 is 5.56 Å². The van der Waals surface area contributed by atoms with Gasteiger partial charge in [-0.15, -0.1) is 22.7 Å². The van der Waals surface area contributed by atoms with Gasteiger partial charge in [0.15, 0.2) is 0 Å². The summed E-state index contributed by atoms with van der Waals surface area (Å²) in [7, 11) is 0. The summed E-state index contributed by atoms with van der Waals surface area (Å²) < 4.78 is 1.94. The van der Waals surface area contributed by atoms with E-state index in [4.69, 9.17) is 0 Å². The molecular weight excluding hydrogens is 374 g/mol. The van der Waals surface area contributed by atoms with E-state index >= 15 is 0 Å². The SMILES string of the molecule is Cc1csc(-c2cc(-c3cccs3)c3n(c2=O)CCCc2ccncc2-3)n1. The van der Waals surface area contributed by atoms with Crippen molar-refractivity contribution in [3.63, 3.8) is 0 Å². The van der Waals surface area contributed by atoms with E-state index in [0.29, 0.717) is 12.1 Å². The van der Waals surface area contributed by atoms with E-state index in [0.717, 1.165) is 45.2 Å². The van der Waals surface area contributed by atoms with Crippen molar-refractivity contribution in [1.82, 2.24) is 14.5 Å². The first kappa shape index (κ1) is 16.6. The minimum Gasteiger partial charge on any atom is -0.307 e. The molecule has 1 aliphatic rings. The van der Waals surface area contributed by atoms with Crippen LogP contribution in [0.15, 0.2) is 52.2 Å². The molecule has 0 saturated carbocycles. The van der Waals surface area contributed by atoms with Crippen LogP contribution in [0.25, 0.3) is 32.3 Å². The van der Waals surface area contributed by atoms with Gasteiger partial charge >= 0.3 is 0 Å². The average molecular weight is 392 g/mol. The van der Waals surface area contributed by atoms with Gasteiger partial charge in [-0.25, -0.2) is 4.98 Å². The van der Waals surface area contributed by atoms with Crippen molar-refractivity contribution in [2.24, 2.45) is 0 Å². The molecule has 5 rings (SSSR count). The van der Waals surface area contributed by atoms with Crippen molar-refractivity contribution in [2.75, 3.05) is 0 Å². The Bertz CT molecular complexity index is 1190. The van der Waals surface area contributed by atoms with Gasteiger partial charge in [-0.05, 0) is 48.9 Å². The van der Waals surface area contributed by atoms with Crippen LogP contribution in [0.2, 0.25) is 0 Å². The molecule has 0 unspecified atom stereocenters. The number of rotatable bonds is 2. The van der Waals surface area contributed by atoms with Crippen molar-refractivity contribution in [2.45, 2.75) is 26.3 Å². The highest BCUT2D eigenvalue weighted by Gasteiger charge is 2.23. The van der Waals surface area contributed by atoms with Crippen LogP contribution in [-0.2, 0) is 13.0 Å². The molecular formula is C21H17N3OS2. The fraction of sp³-hybridized carbons (Fsp3) is 0.190. The quantitative estimate of drug-likeness (QED) is 0.482. The molecule has 5 heterocycles. The molecule has 4 nitrogen and oxygen atoms in total. The molecule has 0 aromatic carbocycles. The summed E-state index contributed by atoms with van der Waals surface area (Å²) in [6.45, 7) is 2.67. The van der Waals surface area contributed by atoms with Crippen LogP contribution in [0.5, 0.6) is 0 Å². The van der Waals surface area contributed by atoms with Gasteiger partial charge in [-0.3, -0.25) is 9.78 Å². The van der Waals surface area contributed by atoms with Gasteiger partial charge in [0.1, 0.15) is 5.01 Å². The minimum atomic E-state index is 0.0383. The first-order valence-electron chi connectivity index (χ1n) is 8.90. The lowest BCUT2D eigenvalue weighted by Gasteiger charge is -2.17. The van der Waals surface area contributed by atoms with Crippen LogP contribution in [0.3, 0.4) is 0 Å². The summed E-state index contributed by atoms with van der Waals surface area (Å²) in [4.78, 5) is 23.5. The fourth-order valence-corrected chi connectivity index (χ4v) is 5.25. The standard InChI is InChI=1S/C21H17N3OS2/c1-13-12-27-20(23-13)16-10-15(18-5-3-9-26-18)19-17-11-22-7-6-14(17)4-2-8-24(19)21(16)25/h3,5-7,9-12H,2,4,8H2,1H3. The van der Waals surface area contributed by atoms with E-state index < -0.39 is 0 Å². The molecule has 1 aliphatic heterocycles. The van der Waals surface area contributed by atoms with Gasteiger partial charge in [0, 0.05) is 46.0 Å². The second-order valence-electron chi connectivity index (χ2n) is 6.68. The largest absolute Gasteiger partial charge is 0.307 e. The zero-order chi connectivity index (χ0) is 18.4. The van der Waals surface area contributed by atoms with Crippen LogP contribution >= 0.6 is 22.7 Å². The summed E-state index contributed by atoms with van der Waals surface area (Å²) in [5.74, 6) is 0. The number of pyridine rings is 2. The zero-order valence-electron chi connectivity index (χ0n) is 14.8. The van der Waals surface area contributed by atoms with E-state index in [1.54, 1.807) is 11.3 Å². The Kier molecular flexibility index (Phi) is 4.02. The zero-order valence-corrected chi connectivity index (χ0v) is 16.4. The summed E-state index contributed by atoms with van der Waals surface area (Å²) in [6.07, 6.45) is 5.63. The topological polar surface area (TPSA) is 47.8 Å². The Hall–Kier alpha value is -2.57. The Labute approximate surface area is 164 Å². The van der Waals surface area contributed by atoms with E-state index in [9.17, 15) is 4.79 Å². The molecule has 0 aliphatic carbocycles. The third-order valence-corrected chi connectivity index (χ3v) is 6.82. The number of nitrogens with zero attached hydrogens (tertiary/aromatic N) is 3. The fourth-order valence-electron chi connectivity index (χ4n) is 3.70. The van der Waals surface area contributed by atoms with Gasteiger partial charge in [-0.1, -0.05) is 6.07 Å². The molecule has 4 aromatic heterocycles. The van der Waals surface area contributed by atoms with Crippen LogP contribution in [0, 0.1) is 6.92 Å². The Balaban J connectivity index is 1.88. The Morgan fingerprint density at radius 1 is 1.15 bits per heavy atom. The molecule has 0 radical (unpaired) electrons. The van der Waals surface area contributed by atoms with Gasteiger partial charge in [0.05, 0.1) is 11.3 Å². The third kappa shape index (κ3) is 2.76. The number of aromatic nitrogens is 3. The average Bonchev–Trinajstić information content (AvgIpc) is 3.31. The maximum absolute atomic E-state index is 13.4. The second-order valence-corrected chi connectivity index (χ2v) is 8.49. The molecule has 0 N–H and O–H groups in total. The molecule has 134 valence electrons. The molecule has 0 saturated heterocycles. The smallest absolute Gasteiger partial charge is 0.261 e.